The van der Waals surface area contributed by atoms with E-state index < -0.39 is 0 Å². The molecule has 128 valence electrons. The molecule has 0 aromatic carbocycles. The predicted molar refractivity (Wildman–Crippen MR) is 109 cm³/mol. The van der Waals surface area contributed by atoms with Crippen LogP contribution >= 0.6 is 35.3 Å². The summed E-state index contributed by atoms with van der Waals surface area (Å²) in [7, 11) is 1.99. The van der Waals surface area contributed by atoms with Gasteiger partial charge >= 0.3 is 0 Å². The first-order valence-corrected chi connectivity index (χ1v) is 8.63. The maximum absolute atomic E-state index is 5.97. The van der Waals surface area contributed by atoms with Crippen molar-refractivity contribution in [3.8, 4) is 0 Å². The summed E-state index contributed by atoms with van der Waals surface area (Å²) in [4.78, 5) is 5.83. The molecule has 0 bridgehead atoms. The molecule has 7 heteroatoms. The lowest BCUT2D eigenvalue weighted by Crippen LogP contribution is -2.33. The van der Waals surface area contributed by atoms with E-state index in [1.54, 1.807) is 11.3 Å². The Labute approximate surface area is 159 Å². The highest BCUT2D eigenvalue weighted by Gasteiger charge is 2.12. The smallest absolute Gasteiger partial charge is 0.188 e. The van der Waals surface area contributed by atoms with Gasteiger partial charge in [-0.1, -0.05) is 19.9 Å². The van der Waals surface area contributed by atoms with Gasteiger partial charge in [-0.2, -0.15) is 5.10 Å². The molecular formula is C16H26IN5S. The van der Waals surface area contributed by atoms with Gasteiger partial charge in [-0.05, 0) is 30.7 Å². The minimum atomic E-state index is 0. The summed E-state index contributed by atoms with van der Waals surface area (Å²) in [6.45, 7) is 5.67. The molecule has 0 radical (unpaired) electrons. The molecule has 5 nitrogen and oxygen atoms in total. The first-order valence-electron chi connectivity index (χ1n) is 7.75. The molecule has 0 spiro atoms. The van der Waals surface area contributed by atoms with Crippen LogP contribution in [0.15, 0.2) is 22.5 Å². The lowest BCUT2D eigenvalue weighted by Gasteiger charge is -2.06. The SMILES string of the molecule is CCc1nn(C)c(CC)c1CN=C(N)NCCc1cccs1.I. The van der Waals surface area contributed by atoms with Crippen LogP contribution in [0.25, 0.3) is 0 Å². The maximum Gasteiger partial charge on any atom is 0.188 e. The third-order valence-electron chi connectivity index (χ3n) is 3.69. The fourth-order valence-corrected chi connectivity index (χ4v) is 3.27. The van der Waals surface area contributed by atoms with Crippen molar-refractivity contribution < 1.29 is 0 Å². The molecule has 0 aliphatic rings. The number of hydrogen-bond donors (Lipinski definition) is 2. The summed E-state index contributed by atoms with van der Waals surface area (Å²) in [5.74, 6) is 0.504. The number of nitrogens with one attached hydrogen (secondary N) is 1. The minimum Gasteiger partial charge on any atom is -0.370 e. The summed E-state index contributed by atoms with van der Waals surface area (Å²) >= 11 is 1.77. The van der Waals surface area contributed by atoms with E-state index in [1.807, 2.05) is 11.7 Å². The van der Waals surface area contributed by atoms with Gasteiger partial charge in [0, 0.05) is 29.7 Å². The Balaban J connectivity index is 0.00000264. The van der Waals surface area contributed by atoms with E-state index in [1.165, 1.54) is 16.1 Å². The van der Waals surface area contributed by atoms with Crippen LogP contribution in [0.1, 0.15) is 35.7 Å². The second-order valence-electron chi connectivity index (χ2n) is 5.16. The van der Waals surface area contributed by atoms with Crippen molar-refractivity contribution >= 4 is 41.3 Å². The Morgan fingerprint density at radius 2 is 2.17 bits per heavy atom. The van der Waals surface area contributed by atoms with Crippen molar-refractivity contribution in [1.82, 2.24) is 15.1 Å². The van der Waals surface area contributed by atoms with Crippen molar-refractivity contribution in [3.05, 3.63) is 39.3 Å². The van der Waals surface area contributed by atoms with Gasteiger partial charge < -0.3 is 11.1 Å². The topological polar surface area (TPSA) is 68.2 Å². The van der Waals surface area contributed by atoms with Gasteiger partial charge in [-0.3, -0.25) is 4.68 Å². The summed E-state index contributed by atoms with van der Waals surface area (Å²) in [5, 5.41) is 9.83. The van der Waals surface area contributed by atoms with Crippen molar-refractivity contribution in [3.63, 3.8) is 0 Å². The molecule has 0 aliphatic carbocycles. The van der Waals surface area contributed by atoms with Gasteiger partial charge in [0.15, 0.2) is 5.96 Å². The second kappa shape index (κ2) is 9.92. The number of aromatic nitrogens is 2. The highest BCUT2D eigenvalue weighted by Crippen LogP contribution is 2.16. The van der Waals surface area contributed by atoms with Crippen LogP contribution in [0, 0.1) is 0 Å². The van der Waals surface area contributed by atoms with Gasteiger partial charge in [0.1, 0.15) is 0 Å². The van der Waals surface area contributed by atoms with Crippen LogP contribution in [0.5, 0.6) is 0 Å². The number of nitrogens with two attached hydrogens (primary N) is 1. The van der Waals surface area contributed by atoms with Crippen molar-refractivity contribution in [2.24, 2.45) is 17.8 Å². The number of guanidine groups is 1. The molecular weight excluding hydrogens is 421 g/mol. The lowest BCUT2D eigenvalue weighted by molar-refractivity contribution is 0.703. The Hall–Kier alpha value is -1.09. The highest BCUT2D eigenvalue weighted by molar-refractivity contribution is 14.0. The Morgan fingerprint density at radius 3 is 2.78 bits per heavy atom. The zero-order valence-electron chi connectivity index (χ0n) is 14.0. The van der Waals surface area contributed by atoms with E-state index in [2.05, 4.69) is 46.8 Å². The third-order valence-corrected chi connectivity index (χ3v) is 4.63. The first kappa shape index (κ1) is 20.0. The molecule has 0 amide bonds. The zero-order chi connectivity index (χ0) is 15.9. The quantitative estimate of drug-likeness (QED) is 0.390. The molecule has 2 aromatic rings. The van der Waals surface area contributed by atoms with Crippen LogP contribution in [-0.2, 0) is 32.9 Å². The van der Waals surface area contributed by atoms with Crippen molar-refractivity contribution in [1.29, 1.82) is 0 Å². The number of halogens is 1. The number of thiophene rings is 1. The highest BCUT2D eigenvalue weighted by atomic mass is 127. The van der Waals surface area contributed by atoms with Crippen LogP contribution < -0.4 is 11.1 Å². The summed E-state index contributed by atoms with van der Waals surface area (Å²) < 4.78 is 1.96. The molecule has 3 N–H and O–H groups in total. The van der Waals surface area contributed by atoms with E-state index in [-0.39, 0.29) is 24.0 Å². The van der Waals surface area contributed by atoms with Gasteiger partial charge in [0.05, 0.1) is 12.2 Å². The summed E-state index contributed by atoms with van der Waals surface area (Å²) in [6.07, 6.45) is 2.85. The largest absolute Gasteiger partial charge is 0.370 e. The Morgan fingerprint density at radius 1 is 1.39 bits per heavy atom. The molecule has 2 heterocycles. The fourth-order valence-electron chi connectivity index (χ4n) is 2.56. The van der Waals surface area contributed by atoms with E-state index in [0.29, 0.717) is 12.5 Å². The number of aryl methyl sites for hydroxylation is 2. The monoisotopic (exact) mass is 447 g/mol. The van der Waals surface area contributed by atoms with Gasteiger partial charge in [-0.15, -0.1) is 35.3 Å². The maximum atomic E-state index is 5.97. The van der Waals surface area contributed by atoms with Gasteiger partial charge in [0.25, 0.3) is 0 Å². The first-order chi connectivity index (χ1) is 10.7. The number of nitrogens with zero attached hydrogens (tertiary/aromatic N) is 3. The van der Waals surface area contributed by atoms with Crippen molar-refractivity contribution in [2.45, 2.75) is 39.7 Å². The van der Waals surface area contributed by atoms with Crippen LogP contribution in [0.3, 0.4) is 0 Å². The van der Waals surface area contributed by atoms with Gasteiger partial charge in [0.2, 0.25) is 0 Å². The number of rotatable bonds is 7. The van der Waals surface area contributed by atoms with Crippen LogP contribution in [-0.4, -0.2) is 22.3 Å². The molecule has 2 aromatic heterocycles. The Bertz CT molecular complexity index is 619. The predicted octanol–water partition coefficient (Wildman–Crippen LogP) is 2.87. The molecule has 0 atom stereocenters. The molecule has 0 saturated carbocycles. The average molecular weight is 447 g/mol. The molecule has 0 fully saturated rings. The third kappa shape index (κ3) is 5.49. The second-order valence-corrected chi connectivity index (χ2v) is 6.19. The Kier molecular flexibility index (Phi) is 8.60. The van der Waals surface area contributed by atoms with Gasteiger partial charge in [-0.25, -0.2) is 4.99 Å². The average Bonchev–Trinajstić information content (AvgIpc) is 3.12. The molecule has 23 heavy (non-hydrogen) atoms. The minimum absolute atomic E-state index is 0. The normalized spacial score (nSPS) is 11.3. The standard InChI is InChI=1S/C16H25N5S.HI/c1-4-14-13(15(5-2)21(3)20-14)11-19-16(17)18-9-8-12-7-6-10-22-12;/h6-7,10H,4-5,8-9,11H2,1-3H3,(H3,17,18,19);1H. The molecule has 2 rings (SSSR count). The number of hydrogen-bond acceptors (Lipinski definition) is 3. The van der Waals surface area contributed by atoms with E-state index >= 15 is 0 Å². The number of aliphatic imine (C=N–C) groups is 1. The summed E-state index contributed by atoms with van der Waals surface area (Å²) in [5.41, 5.74) is 9.55. The van der Waals surface area contributed by atoms with E-state index in [0.717, 1.165) is 31.5 Å². The summed E-state index contributed by atoms with van der Waals surface area (Å²) in [6, 6.07) is 4.20. The van der Waals surface area contributed by atoms with Crippen molar-refractivity contribution in [2.75, 3.05) is 6.54 Å². The van der Waals surface area contributed by atoms with Crippen LogP contribution in [0.4, 0.5) is 0 Å². The molecule has 0 unspecified atom stereocenters. The zero-order valence-corrected chi connectivity index (χ0v) is 17.1. The van der Waals surface area contributed by atoms with Crippen LogP contribution in [0.2, 0.25) is 0 Å². The molecule has 0 aliphatic heterocycles. The van der Waals surface area contributed by atoms with E-state index in [4.69, 9.17) is 5.73 Å². The fraction of sp³-hybridized carbons (Fsp3) is 0.500. The molecule has 0 saturated heterocycles. The van der Waals surface area contributed by atoms with E-state index in [9.17, 15) is 0 Å². The lowest BCUT2D eigenvalue weighted by atomic mass is 10.1.